The zero-order valence-corrected chi connectivity index (χ0v) is 19.5. The Morgan fingerprint density at radius 3 is 2.59 bits per heavy atom. The summed E-state index contributed by atoms with van der Waals surface area (Å²) in [5.41, 5.74) is 6.78. The Morgan fingerprint density at radius 2 is 1.88 bits per heavy atom. The second-order valence-electron chi connectivity index (χ2n) is 9.07. The predicted octanol–water partition coefficient (Wildman–Crippen LogP) is 6.14. The van der Waals surface area contributed by atoms with Gasteiger partial charge in [-0.25, -0.2) is 4.39 Å². The van der Waals surface area contributed by atoms with Crippen molar-refractivity contribution in [1.82, 2.24) is 0 Å². The molecule has 0 amide bonds. The van der Waals surface area contributed by atoms with Gasteiger partial charge in [-0.3, -0.25) is 4.79 Å². The van der Waals surface area contributed by atoms with E-state index in [2.05, 4.69) is 0 Å². The molecule has 5 rings (SSSR count). The summed E-state index contributed by atoms with van der Waals surface area (Å²) in [6, 6.07) is 12.9. The number of benzene rings is 3. The fourth-order valence-electron chi connectivity index (χ4n) is 5.37. The van der Waals surface area contributed by atoms with Crippen LogP contribution in [0.5, 0.6) is 17.2 Å². The first kappa shape index (κ1) is 22.3. The van der Waals surface area contributed by atoms with E-state index in [-0.39, 0.29) is 18.2 Å². The minimum Gasteiger partial charge on any atom is -0.497 e. The van der Waals surface area contributed by atoms with Crippen LogP contribution in [0.15, 0.2) is 42.5 Å². The molecule has 6 heteroatoms. The van der Waals surface area contributed by atoms with Gasteiger partial charge in [-0.05, 0) is 78.8 Å². The number of rotatable bonds is 6. The van der Waals surface area contributed by atoms with Crippen molar-refractivity contribution < 1.29 is 28.5 Å². The van der Waals surface area contributed by atoms with Gasteiger partial charge in [0.15, 0.2) is 0 Å². The Bertz CT molecular complexity index is 1260. The van der Waals surface area contributed by atoms with Crippen LogP contribution in [0.25, 0.3) is 11.1 Å². The lowest BCUT2D eigenvalue weighted by atomic mass is 9.90. The van der Waals surface area contributed by atoms with E-state index >= 15 is 4.39 Å². The van der Waals surface area contributed by atoms with Gasteiger partial charge in [-0.15, -0.1) is 0 Å². The Hall–Kier alpha value is -3.54. The molecule has 1 N–H and O–H groups in total. The molecule has 176 valence electrons. The molecule has 2 aliphatic rings. The maximum atomic E-state index is 15.1. The highest BCUT2D eigenvalue weighted by Crippen LogP contribution is 2.45. The summed E-state index contributed by atoms with van der Waals surface area (Å²) in [6.45, 7) is 4.44. The first-order chi connectivity index (χ1) is 16.4. The van der Waals surface area contributed by atoms with E-state index in [4.69, 9.17) is 19.3 Å². The van der Waals surface area contributed by atoms with Crippen molar-refractivity contribution in [2.75, 3.05) is 13.7 Å². The van der Waals surface area contributed by atoms with Crippen molar-refractivity contribution in [3.63, 3.8) is 0 Å². The van der Waals surface area contributed by atoms with Gasteiger partial charge in [0.25, 0.3) is 0 Å². The highest BCUT2D eigenvalue weighted by Gasteiger charge is 2.32. The standard InChI is InChI=1S/C28H27FO5/c1-15-10-19(32-3)11-16(2)27(15)21-6-8-23(29)28-22(21)7-9-24(28)34-18-4-5-20-17(12-26(30)31)14-33-25(20)13-18/h4-6,8,10-11,13,17,24H,7,9,12,14H2,1-3H3,(H,30,31). The number of fused-ring (bicyclic) bond motifs is 2. The van der Waals surface area contributed by atoms with E-state index in [1.165, 1.54) is 6.07 Å². The van der Waals surface area contributed by atoms with E-state index in [0.29, 0.717) is 30.1 Å². The molecule has 3 aromatic carbocycles. The topological polar surface area (TPSA) is 65.0 Å². The van der Waals surface area contributed by atoms with Crippen LogP contribution in [-0.2, 0) is 11.2 Å². The number of hydrogen-bond acceptors (Lipinski definition) is 4. The first-order valence-corrected chi connectivity index (χ1v) is 11.5. The van der Waals surface area contributed by atoms with Crippen LogP contribution in [0.1, 0.15) is 52.7 Å². The Balaban J connectivity index is 1.46. The minimum atomic E-state index is -0.849. The van der Waals surface area contributed by atoms with Gasteiger partial charge in [-0.2, -0.15) is 0 Å². The molecular formula is C28H27FO5. The Kier molecular flexibility index (Phi) is 5.68. The number of methoxy groups -OCH3 is 1. The fourth-order valence-corrected chi connectivity index (χ4v) is 5.37. The summed E-state index contributed by atoms with van der Waals surface area (Å²) in [5.74, 6) is 0.768. The molecule has 2 atom stereocenters. The minimum absolute atomic E-state index is 0.0292. The van der Waals surface area contributed by atoms with Gasteiger partial charge in [0.1, 0.15) is 29.2 Å². The third-order valence-electron chi connectivity index (χ3n) is 6.86. The van der Waals surface area contributed by atoms with Gasteiger partial charge in [0.2, 0.25) is 0 Å². The van der Waals surface area contributed by atoms with Crippen molar-refractivity contribution >= 4 is 5.97 Å². The zero-order valence-electron chi connectivity index (χ0n) is 19.5. The van der Waals surface area contributed by atoms with Crippen molar-refractivity contribution in [2.24, 2.45) is 0 Å². The third kappa shape index (κ3) is 3.87. The van der Waals surface area contributed by atoms with Gasteiger partial charge >= 0.3 is 5.97 Å². The van der Waals surface area contributed by atoms with Gasteiger partial charge in [0, 0.05) is 23.1 Å². The molecule has 0 bridgehead atoms. The third-order valence-corrected chi connectivity index (χ3v) is 6.86. The second kappa shape index (κ2) is 8.67. The van der Waals surface area contributed by atoms with Crippen molar-refractivity contribution in [2.45, 2.75) is 45.1 Å². The number of carboxylic acid groups (broad SMARTS) is 1. The smallest absolute Gasteiger partial charge is 0.304 e. The first-order valence-electron chi connectivity index (χ1n) is 11.5. The molecule has 0 fully saturated rings. The normalized spacial score (nSPS) is 18.2. The SMILES string of the molecule is COc1cc(C)c(-c2ccc(F)c3c2CCC3Oc2ccc3c(c2)OCC3CC(=O)O)c(C)c1. The highest BCUT2D eigenvalue weighted by molar-refractivity contribution is 5.76. The van der Waals surface area contributed by atoms with Crippen molar-refractivity contribution in [3.05, 3.63) is 76.1 Å². The number of carbonyl (C=O) groups is 1. The lowest BCUT2D eigenvalue weighted by Gasteiger charge is -2.19. The lowest BCUT2D eigenvalue weighted by molar-refractivity contribution is -0.137. The van der Waals surface area contributed by atoms with E-state index in [1.807, 2.05) is 44.2 Å². The van der Waals surface area contributed by atoms with Crippen LogP contribution in [0.2, 0.25) is 0 Å². The lowest BCUT2D eigenvalue weighted by Crippen LogP contribution is -2.07. The van der Waals surface area contributed by atoms with Crippen LogP contribution in [0.3, 0.4) is 0 Å². The maximum Gasteiger partial charge on any atom is 0.304 e. The number of carboxylic acids is 1. The summed E-state index contributed by atoms with van der Waals surface area (Å²) in [4.78, 5) is 11.1. The zero-order chi connectivity index (χ0) is 24.0. The number of aryl methyl sites for hydroxylation is 2. The molecule has 1 aliphatic heterocycles. The molecule has 1 heterocycles. The molecule has 2 unspecified atom stereocenters. The van der Waals surface area contributed by atoms with Gasteiger partial charge in [-0.1, -0.05) is 12.1 Å². The average molecular weight is 463 g/mol. The summed E-state index contributed by atoms with van der Waals surface area (Å²) in [7, 11) is 1.65. The monoisotopic (exact) mass is 462 g/mol. The number of aliphatic carboxylic acids is 1. The molecule has 0 saturated carbocycles. The van der Waals surface area contributed by atoms with Crippen LogP contribution in [0.4, 0.5) is 4.39 Å². The molecule has 34 heavy (non-hydrogen) atoms. The van der Waals surface area contributed by atoms with Crippen molar-refractivity contribution in [1.29, 1.82) is 0 Å². The Labute approximate surface area is 198 Å². The predicted molar refractivity (Wildman–Crippen MR) is 126 cm³/mol. The van der Waals surface area contributed by atoms with Crippen LogP contribution in [-0.4, -0.2) is 24.8 Å². The molecule has 3 aromatic rings. The summed E-state index contributed by atoms with van der Waals surface area (Å²) < 4.78 is 32.4. The number of hydrogen-bond donors (Lipinski definition) is 1. The van der Waals surface area contributed by atoms with Crippen molar-refractivity contribution in [3.8, 4) is 28.4 Å². The largest absolute Gasteiger partial charge is 0.497 e. The van der Waals surface area contributed by atoms with E-state index in [9.17, 15) is 4.79 Å². The summed E-state index contributed by atoms with van der Waals surface area (Å²) in [6.07, 6.45) is 1.03. The highest BCUT2D eigenvalue weighted by atomic mass is 19.1. The van der Waals surface area contributed by atoms with Gasteiger partial charge in [0.05, 0.1) is 20.1 Å². The average Bonchev–Trinajstić information content (AvgIpc) is 3.39. The summed E-state index contributed by atoms with van der Waals surface area (Å²) >= 11 is 0. The number of halogens is 1. The van der Waals surface area contributed by atoms with Crippen LogP contribution < -0.4 is 14.2 Å². The van der Waals surface area contributed by atoms with E-state index in [0.717, 1.165) is 45.6 Å². The maximum absolute atomic E-state index is 15.1. The summed E-state index contributed by atoms with van der Waals surface area (Å²) in [5, 5.41) is 9.11. The molecule has 0 radical (unpaired) electrons. The van der Waals surface area contributed by atoms with Gasteiger partial charge < -0.3 is 19.3 Å². The van der Waals surface area contributed by atoms with Crippen LogP contribution in [0, 0.1) is 19.7 Å². The van der Waals surface area contributed by atoms with Crippen LogP contribution >= 0.6 is 0 Å². The second-order valence-corrected chi connectivity index (χ2v) is 9.07. The Morgan fingerprint density at radius 1 is 1.12 bits per heavy atom. The fraction of sp³-hybridized carbons (Fsp3) is 0.321. The quantitative estimate of drug-likeness (QED) is 0.477. The molecule has 0 aromatic heterocycles. The molecule has 0 saturated heterocycles. The number of ether oxygens (including phenoxy) is 3. The molecule has 1 aliphatic carbocycles. The van der Waals surface area contributed by atoms with E-state index in [1.54, 1.807) is 13.2 Å². The van der Waals surface area contributed by atoms with E-state index < -0.39 is 12.1 Å². The molecular weight excluding hydrogens is 435 g/mol. The molecule has 5 nitrogen and oxygen atoms in total. The molecule has 0 spiro atoms.